The van der Waals surface area contributed by atoms with E-state index in [0.717, 1.165) is 6.54 Å². The van der Waals surface area contributed by atoms with Gasteiger partial charge in [-0.25, -0.2) is 9.78 Å². The molecular formula is C12H18N2O2. The summed E-state index contributed by atoms with van der Waals surface area (Å²) in [5, 5.41) is 8.84. The number of carboxylic acids is 1. The first kappa shape index (κ1) is 12.5. The third kappa shape index (κ3) is 3.53. The van der Waals surface area contributed by atoms with E-state index in [1.54, 1.807) is 6.07 Å². The predicted molar refractivity (Wildman–Crippen MR) is 63.9 cm³/mol. The molecule has 0 aliphatic carbocycles. The molecule has 0 aromatic carbocycles. The average Bonchev–Trinajstić information content (AvgIpc) is 2.15. The van der Waals surface area contributed by atoms with Crippen LogP contribution in [0.2, 0.25) is 0 Å². The van der Waals surface area contributed by atoms with E-state index in [-0.39, 0.29) is 11.1 Å². The van der Waals surface area contributed by atoms with Gasteiger partial charge < -0.3 is 10.0 Å². The smallest absolute Gasteiger partial charge is 0.354 e. The molecule has 0 unspecified atom stereocenters. The predicted octanol–water partition coefficient (Wildman–Crippen LogP) is 2.26. The Labute approximate surface area is 95.9 Å². The molecule has 16 heavy (non-hydrogen) atoms. The Kier molecular flexibility index (Phi) is 3.52. The Morgan fingerprint density at radius 1 is 1.44 bits per heavy atom. The Balaban J connectivity index is 2.87. The van der Waals surface area contributed by atoms with Crippen LogP contribution in [-0.4, -0.2) is 29.7 Å². The number of aromatic nitrogens is 1. The molecule has 0 fully saturated rings. The van der Waals surface area contributed by atoms with Crippen LogP contribution in [-0.2, 0) is 0 Å². The van der Waals surface area contributed by atoms with Gasteiger partial charge in [-0.1, -0.05) is 26.8 Å². The van der Waals surface area contributed by atoms with Gasteiger partial charge >= 0.3 is 5.97 Å². The van der Waals surface area contributed by atoms with E-state index in [2.05, 4.69) is 25.8 Å². The lowest BCUT2D eigenvalue weighted by Crippen LogP contribution is -2.29. The second-order valence-corrected chi connectivity index (χ2v) is 5.10. The minimum atomic E-state index is -0.994. The number of hydrogen-bond donors (Lipinski definition) is 1. The van der Waals surface area contributed by atoms with Crippen LogP contribution in [0.3, 0.4) is 0 Å². The summed E-state index contributed by atoms with van der Waals surface area (Å²) in [6, 6.07) is 5.03. The van der Waals surface area contributed by atoms with Crippen molar-refractivity contribution in [1.29, 1.82) is 0 Å². The standard InChI is InChI=1S/C12H18N2O2/c1-12(2,3)8-14(4)10-7-5-6-9(13-10)11(15)16/h5-7H,8H2,1-4H3,(H,15,16). The lowest BCUT2D eigenvalue weighted by atomic mass is 9.96. The molecule has 0 amide bonds. The first-order valence-corrected chi connectivity index (χ1v) is 5.21. The molecule has 0 saturated heterocycles. The molecule has 0 radical (unpaired) electrons. The highest BCUT2D eigenvalue weighted by Gasteiger charge is 2.15. The molecule has 1 aromatic heterocycles. The third-order valence-corrected chi connectivity index (χ3v) is 2.06. The van der Waals surface area contributed by atoms with Crippen LogP contribution in [0.15, 0.2) is 18.2 Å². The largest absolute Gasteiger partial charge is 0.477 e. The minimum Gasteiger partial charge on any atom is -0.477 e. The summed E-state index contributed by atoms with van der Waals surface area (Å²) in [4.78, 5) is 16.8. The molecule has 1 aromatic rings. The van der Waals surface area contributed by atoms with Crippen molar-refractivity contribution in [2.75, 3.05) is 18.5 Å². The van der Waals surface area contributed by atoms with Gasteiger partial charge in [-0.05, 0) is 17.5 Å². The van der Waals surface area contributed by atoms with Gasteiger partial charge in [0.15, 0.2) is 5.69 Å². The summed E-state index contributed by atoms with van der Waals surface area (Å²) in [6.07, 6.45) is 0. The van der Waals surface area contributed by atoms with Crippen LogP contribution in [0.1, 0.15) is 31.3 Å². The lowest BCUT2D eigenvalue weighted by Gasteiger charge is -2.27. The molecule has 4 nitrogen and oxygen atoms in total. The van der Waals surface area contributed by atoms with Crippen molar-refractivity contribution in [3.05, 3.63) is 23.9 Å². The SMILES string of the molecule is CN(CC(C)(C)C)c1cccc(C(=O)O)n1. The fraction of sp³-hybridized carbons (Fsp3) is 0.500. The van der Waals surface area contributed by atoms with Crippen LogP contribution in [0.4, 0.5) is 5.82 Å². The molecule has 0 saturated carbocycles. The zero-order valence-electron chi connectivity index (χ0n) is 10.2. The maximum Gasteiger partial charge on any atom is 0.354 e. The van der Waals surface area contributed by atoms with Crippen LogP contribution in [0.5, 0.6) is 0 Å². The summed E-state index contributed by atoms with van der Waals surface area (Å²) >= 11 is 0. The number of aromatic carboxylic acids is 1. The molecule has 0 bridgehead atoms. The molecule has 0 aliphatic heterocycles. The van der Waals surface area contributed by atoms with E-state index >= 15 is 0 Å². The maximum atomic E-state index is 10.8. The van der Waals surface area contributed by atoms with E-state index < -0.39 is 5.97 Å². The average molecular weight is 222 g/mol. The Morgan fingerprint density at radius 3 is 2.56 bits per heavy atom. The van der Waals surface area contributed by atoms with Gasteiger partial charge in [-0.2, -0.15) is 0 Å². The molecule has 1 N–H and O–H groups in total. The van der Waals surface area contributed by atoms with Gasteiger partial charge in [0, 0.05) is 13.6 Å². The quantitative estimate of drug-likeness (QED) is 0.852. The lowest BCUT2D eigenvalue weighted by molar-refractivity contribution is 0.0690. The molecule has 1 heterocycles. The number of carbonyl (C=O) groups is 1. The fourth-order valence-corrected chi connectivity index (χ4v) is 1.55. The first-order chi connectivity index (χ1) is 7.29. The van der Waals surface area contributed by atoms with Crippen LogP contribution >= 0.6 is 0 Å². The molecule has 4 heteroatoms. The first-order valence-electron chi connectivity index (χ1n) is 5.21. The van der Waals surface area contributed by atoms with Crippen molar-refractivity contribution in [2.24, 2.45) is 5.41 Å². The number of carboxylic acid groups (broad SMARTS) is 1. The van der Waals surface area contributed by atoms with Crippen molar-refractivity contribution in [3.63, 3.8) is 0 Å². The van der Waals surface area contributed by atoms with Gasteiger partial charge in [0.2, 0.25) is 0 Å². The molecule has 0 atom stereocenters. The summed E-state index contributed by atoms with van der Waals surface area (Å²) < 4.78 is 0. The molecule has 88 valence electrons. The van der Waals surface area contributed by atoms with E-state index in [1.165, 1.54) is 6.07 Å². The number of hydrogen-bond acceptors (Lipinski definition) is 3. The van der Waals surface area contributed by atoms with Crippen LogP contribution in [0.25, 0.3) is 0 Å². The van der Waals surface area contributed by atoms with Crippen molar-refractivity contribution in [1.82, 2.24) is 4.98 Å². The highest BCUT2D eigenvalue weighted by Crippen LogP contribution is 2.18. The van der Waals surface area contributed by atoms with Gasteiger partial charge in [0.25, 0.3) is 0 Å². The summed E-state index contributed by atoms with van der Waals surface area (Å²) in [5.74, 6) is -0.305. The Hall–Kier alpha value is -1.58. The molecule has 1 rings (SSSR count). The number of anilines is 1. The highest BCUT2D eigenvalue weighted by molar-refractivity contribution is 5.85. The third-order valence-electron chi connectivity index (χ3n) is 2.06. The normalized spacial score (nSPS) is 11.2. The number of pyridine rings is 1. The molecule has 0 aliphatic rings. The van der Waals surface area contributed by atoms with Crippen LogP contribution in [0, 0.1) is 5.41 Å². The monoisotopic (exact) mass is 222 g/mol. The minimum absolute atomic E-state index is 0.0817. The van der Waals surface area contributed by atoms with E-state index in [9.17, 15) is 4.79 Å². The zero-order chi connectivity index (χ0) is 12.3. The van der Waals surface area contributed by atoms with Gasteiger partial charge in [-0.15, -0.1) is 0 Å². The van der Waals surface area contributed by atoms with Gasteiger partial charge in [0.05, 0.1) is 0 Å². The highest BCUT2D eigenvalue weighted by atomic mass is 16.4. The maximum absolute atomic E-state index is 10.8. The summed E-state index contributed by atoms with van der Waals surface area (Å²) in [7, 11) is 1.92. The van der Waals surface area contributed by atoms with Crippen molar-refractivity contribution in [2.45, 2.75) is 20.8 Å². The number of rotatable bonds is 3. The van der Waals surface area contributed by atoms with Crippen molar-refractivity contribution >= 4 is 11.8 Å². The zero-order valence-corrected chi connectivity index (χ0v) is 10.2. The van der Waals surface area contributed by atoms with Gasteiger partial charge in [0.1, 0.15) is 5.82 Å². The van der Waals surface area contributed by atoms with Crippen LogP contribution < -0.4 is 4.90 Å². The van der Waals surface area contributed by atoms with E-state index in [4.69, 9.17) is 5.11 Å². The fourth-order valence-electron chi connectivity index (χ4n) is 1.55. The van der Waals surface area contributed by atoms with Gasteiger partial charge in [-0.3, -0.25) is 0 Å². The molecular weight excluding hydrogens is 204 g/mol. The van der Waals surface area contributed by atoms with E-state index in [1.807, 2.05) is 18.0 Å². The molecule has 0 spiro atoms. The Bertz CT molecular complexity index is 383. The summed E-state index contributed by atoms with van der Waals surface area (Å²) in [5.41, 5.74) is 0.230. The second-order valence-electron chi connectivity index (χ2n) is 5.10. The Morgan fingerprint density at radius 2 is 2.06 bits per heavy atom. The van der Waals surface area contributed by atoms with Crippen molar-refractivity contribution in [3.8, 4) is 0 Å². The number of nitrogens with zero attached hydrogens (tertiary/aromatic N) is 2. The van der Waals surface area contributed by atoms with E-state index in [0.29, 0.717) is 5.82 Å². The topological polar surface area (TPSA) is 53.4 Å². The summed E-state index contributed by atoms with van der Waals surface area (Å²) in [6.45, 7) is 7.21. The van der Waals surface area contributed by atoms with Crippen molar-refractivity contribution < 1.29 is 9.90 Å². The second kappa shape index (κ2) is 4.51.